The minimum atomic E-state index is -0.456. The minimum absolute atomic E-state index is 0.393. The highest BCUT2D eigenvalue weighted by molar-refractivity contribution is 7.11. The number of nitrogens with one attached hydrogen (secondary N) is 2. The molecule has 0 saturated heterocycles. The smallest absolute Gasteiger partial charge is 0.407 e. The van der Waals surface area contributed by atoms with Crippen molar-refractivity contribution in [1.82, 2.24) is 15.6 Å². The van der Waals surface area contributed by atoms with Gasteiger partial charge < -0.3 is 15.4 Å². The van der Waals surface area contributed by atoms with Crippen LogP contribution in [-0.4, -0.2) is 29.8 Å². The van der Waals surface area contributed by atoms with Crippen LogP contribution in [-0.2, 0) is 11.3 Å². The third-order valence-electron chi connectivity index (χ3n) is 2.16. The van der Waals surface area contributed by atoms with E-state index in [4.69, 9.17) is 4.74 Å². The molecule has 0 unspecified atom stereocenters. The third-order valence-corrected chi connectivity index (χ3v) is 3.07. The zero-order valence-corrected chi connectivity index (χ0v) is 13.3. The lowest BCUT2D eigenvalue weighted by atomic mass is 10.2. The van der Waals surface area contributed by atoms with Crippen molar-refractivity contribution in [3.63, 3.8) is 0 Å². The molecule has 0 aliphatic heterocycles. The Morgan fingerprint density at radius 1 is 1.40 bits per heavy atom. The van der Waals surface area contributed by atoms with Gasteiger partial charge in [0.2, 0.25) is 0 Å². The van der Waals surface area contributed by atoms with Crippen molar-refractivity contribution in [3.05, 3.63) is 28.2 Å². The van der Waals surface area contributed by atoms with Gasteiger partial charge in [0, 0.05) is 30.7 Å². The molecule has 6 heteroatoms. The van der Waals surface area contributed by atoms with E-state index in [1.54, 1.807) is 11.3 Å². The highest BCUT2D eigenvalue weighted by Gasteiger charge is 2.14. The Kier molecular flexibility index (Phi) is 6.67. The van der Waals surface area contributed by atoms with Gasteiger partial charge in [0.1, 0.15) is 5.60 Å². The van der Waals surface area contributed by atoms with Crippen molar-refractivity contribution in [1.29, 1.82) is 0 Å². The fraction of sp³-hybridized carbons (Fsp3) is 0.571. The van der Waals surface area contributed by atoms with Gasteiger partial charge in [0.25, 0.3) is 0 Å². The number of thiazole rings is 1. The van der Waals surface area contributed by atoms with E-state index >= 15 is 0 Å². The first-order valence-corrected chi connectivity index (χ1v) is 7.42. The van der Waals surface area contributed by atoms with Crippen LogP contribution in [0, 0.1) is 6.92 Å². The molecule has 1 heterocycles. The molecule has 0 aromatic carbocycles. The van der Waals surface area contributed by atoms with Crippen molar-refractivity contribution < 1.29 is 9.53 Å². The van der Waals surface area contributed by atoms with Crippen LogP contribution < -0.4 is 10.6 Å². The van der Waals surface area contributed by atoms with Gasteiger partial charge in [-0.1, -0.05) is 12.2 Å². The number of rotatable bonds is 6. The monoisotopic (exact) mass is 297 g/mol. The number of aryl methyl sites for hydroxylation is 1. The van der Waals surface area contributed by atoms with Gasteiger partial charge in [-0.25, -0.2) is 9.78 Å². The molecule has 0 atom stereocenters. The Bertz CT molecular complexity index is 450. The van der Waals surface area contributed by atoms with E-state index in [2.05, 4.69) is 15.6 Å². The van der Waals surface area contributed by atoms with Crippen LogP contribution in [0.25, 0.3) is 0 Å². The summed E-state index contributed by atoms with van der Waals surface area (Å²) in [6.07, 6.45) is 5.37. The number of ether oxygens (including phenoxy) is 1. The summed E-state index contributed by atoms with van der Waals surface area (Å²) in [5.74, 6) is 0. The largest absolute Gasteiger partial charge is 0.444 e. The van der Waals surface area contributed by atoms with E-state index in [1.807, 2.05) is 46.0 Å². The average Bonchev–Trinajstić information content (AvgIpc) is 2.71. The summed E-state index contributed by atoms with van der Waals surface area (Å²) in [5, 5.41) is 7.03. The molecule has 0 spiro atoms. The van der Waals surface area contributed by atoms with Crippen molar-refractivity contribution in [3.8, 4) is 0 Å². The molecule has 0 aliphatic rings. The summed E-state index contributed by atoms with van der Waals surface area (Å²) in [6, 6.07) is 0. The van der Waals surface area contributed by atoms with Crippen molar-refractivity contribution in [2.24, 2.45) is 0 Å². The predicted molar refractivity (Wildman–Crippen MR) is 81.9 cm³/mol. The Morgan fingerprint density at radius 3 is 2.70 bits per heavy atom. The van der Waals surface area contributed by atoms with E-state index in [-0.39, 0.29) is 0 Å². The Morgan fingerprint density at radius 2 is 2.10 bits per heavy atom. The second-order valence-electron chi connectivity index (χ2n) is 5.33. The summed E-state index contributed by atoms with van der Waals surface area (Å²) in [4.78, 5) is 16.8. The first-order chi connectivity index (χ1) is 9.37. The van der Waals surface area contributed by atoms with E-state index < -0.39 is 11.7 Å². The maximum absolute atomic E-state index is 11.3. The van der Waals surface area contributed by atoms with E-state index in [9.17, 15) is 4.79 Å². The fourth-order valence-corrected chi connectivity index (χ4v) is 2.15. The molecule has 1 aromatic rings. The molecule has 0 fully saturated rings. The van der Waals surface area contributed by atoms with Crippen LogP contribution in [0.5, 0.6) is 0 Å². The van der Waals surface area contributed by atoms with Gasteiger partial charge in [-0.2, -0.15) is 0 Å². The number of aromatic nitrogens is 1. The standard InChI is InChI=1S/C14H23N3O2S/c1-11-17-10-12(20-11)9-15-7-5-6-8-16-13(18)19-14(2,3)4/h5-6,10,15H,7-9H2,1-4H3,(H,16,18)/b6-5+. The lowest BCUT2D eigenvalue weighted by Crippen LogP contribution is -2.32. The molecular weight excluding hydrogens is 274 g/mol. The maximum Gasteiger partial charge on any atom is 0.407 e. The Balaban J connectivity index is 2.06. The first kappa shape index (κ1) is 16.7. The van der Waals surface area contributed by atoms with Crippen molar-refractivity contribution in [2.45, 2.75) is 39.8 Å². The molecule has 1 amide bonds. The lowest BCUT2D eigenvalue weighted by molar-refractivity contribution is 0.0534. The summed E-state index contributed by atoms with van der Waals surface area (Å²) in [5.41, 5.74) is -0.456. The van der Waals surface area contributed by atoms with Crippen molar-refractivity contribution in [2.75, 3.05) is 13.1 Å². The van der Waals surface area contributed by atoms with Crippen LogP contribution in [0.3, 0.4) is 0 Å². The van der Waals surface area contributed by atoms with Crippen LogP contribution in [0.4, 0.5) is 4.79 Å². The van der Waals surface area contributed by atoms with Crippen molar-refractivity contribution >= 4 is 17.4 Å². The highest BCUT2D eigenvalue weighted by Crippen LogP contribution is 2.10. The molecule has 0 radical (unpaired) electrons. The Labute approximate surface area is 124 Å². The quantitative estimate of drug-likeness (QED) is 0.626. The summed E-state index contributed by atoms with van der Waals surface area (Å²) in [6.45, 7) is 9.56. The van der Waals surface area contributed by atoms with Gasteiger partial charge in [-0.3, -0.25) is 0 Å². The van der Waals surface area contributed by atoms with Gasteiger partial charge in [-0.15, -0.1) is 11.3 Å². The zero-order chi connectivity index (χ0) is 15.0. The number of nitrogens with zero attached hydrogens (tertiary/aromatic N) is 1. The number of alkyl carbamates (subject to hydrolysis) is 1. The number of amides is 1. The molecule has 1 rings (SSSR count). The van der Waals surface area contributed by atoms with Gasteiger partial charge in [-0.05, 0) is 27.7 Å². The minimum Gasteiger partial charge on any atom is -0.444 e. The lowest BCUT2D eigenvalue weighted by Gasteiger charge is -2.19. The molecular formula is C14H23N3O2S. The third kappa shape index (κ3) is 7.91. The Hall–Kier alpha value is -1.40. The number of hydrogen-bond acceptors (Lipinski definition) is 5. The van der Waals surface area contributed by atoms with Crippen LogP contribution in [0.2, 0.25) is 0 Å². The topological polar surface area (TPSA) is 63.2 Å². The molecule has 1 aromatic heterocycles. The van der Waals surface area contributed by atoms with E-state index in [1.165, 1.54) is 4.88 Å². The normalized spacial score (nSPS) is 11.8. The predicted octanol–water partition coefficient (Wildman–Crippen LogP) is 2.62. The molecule has 0 saturated carbocycles. The maximum atomic E-state index is 11.3. The number of carbonyl (C=O) groups is 1. The van der Waals surface area contributed by atoms with Crippen LogP contribution >= 0.6 is 11.3 Å². The zero-order valence-electron chi connectivity index (χ0n) is 12.5. The summed E-state index contributed by atoms with van der Waals surface area (Å²) >= 11 is 1.69. The molecule has 112 valence electrons. The number of carbonyl (C=O) groups excluding carboxylic acids is 1. The molecule has 0 bridgehead atoms. The highest BCUT2D eigenvalue weighted by atomic mass is 32.1. The van der Waals surface area contributed by atoms with Gasteiger partial charge in [0.05, 0.1) is 5.01 Å². The average molecular weight is 297 g/mol. The summed E-state index contributed by atoms with van der Waals surface area (Å²) in [7, 11) is 0. The second kappa shape index (κ2) is 8.01. The van der Waals surface area contributed by atoms with Gasteiger partial charge in [0.15, 0.2) is 0 Å². The molecule has 2 N–H and O–H groups in total. The molecule has 0 aliphatic carbocycles. The molecule has 20 heavy (non-hydrogen) atoms. The van der Waals surface area contributed by atoms with Gasteiger partial charge >= 0.3 is 6.09 Å². The van der Waals surface area contributed by atoms with Crippen LogP contribution in [0.15, 0.2) is 18.3 Å². The summed E-state index contributed by atoms with van der Waals surface area (Å²) < 4.78 is 5.12. The fourth-order valence-electron chi connectivity index (χ4n) is 1.39. The second-order valence-corrected chi connectivity index (χ2v) is 6.65. The van der Waals surface area contributed by atoms with E-state index in [0.717, 1.165) is 18.1 Å². The first-order valence-electron chi connectivity index (χ1n) is 6.61. The SMILES string of the molecule is Cc1ncc(CNC/C=C/CNC(=O)OC(C)(C)C)s1. The molecule has 5 nitrogen and oxygen atoms in total. The van der Waals surface area contributed by atoms with E-state index in [0.29, 0.717) is 6.54 Å². The number of hydrogen-bond donors (Lipinski definition) is 2. The van der Waals surface area contributed by atoms with Crippen LogP contribution in [0.1, 0.15) is 30.7 Å².